The van der Waals surface area contributed by atoms with Gasteiger partial charge in [-0.15, -0.1) is 0 Å². The molecule has 2 aromatic carbocycles. The van der Waals surface area contributed by atoms with E-state index in [-0.39, 0.29) is 17.8 Å². The Labute approximate surface area is 134 Å². The molecule has 1 aliphatic carbocycles. The largest absolute Gasteiger partial charge is 0.345 e. The Hall–Kier alpha value is -1.87. The molecule has 0 saturated heterocycles. The summed E-state index contributed by atoms with van der Waals surface area (Å²) in [6.45, 7) is 2.02. The van der Waals surface area contributed by atoms with Gasteiger partial charge < -0.3 is 5.32 Å². The average molecular weight is 318 g/mol. The number of nitrogens with one attached hydrogen (secondary N) is 1. The van der Waals surface area contributed by atoms with Gasteiger partial charge in [0.15, 0.2) is 0 Å². The van der Waals surface area contributed by atoms with Crippen LogP contribution < -0.4 is 5.32 Å². The van der Waals surface area contributed by atoms with Crippen LogP contribution in [0.1, 0.15) is 46.4 Å². The Morgan fingerprint density at radius 3 is 2.91 bits per heavy atom. The number of rotatable bonds is 3. The number of carbonyl (C=O) groups excluding carboxylic acids is 1. The van der Waals surface area contributed by atoms with Crippen molar-refractivity contribution in [1.82, 2.24) is 5.32 Å². The fourth-order valence-corrected chi connectivity index (χ4v) is 3.29. The zero-order valence-electron chi connectivity index (χ0n) is 12.3. The van der Waals surface area contributed by atoms with Gasteiger partial charge in [0.05, 0.1) is 6.04 Å². The quantitative estimate of drug-likeness (QED) is 0.889. The summed E-state index contributed by atoms with van der Waals surface area (Å²) < 4.78 is 13.9. The van der Waals surface area contributed by atoms with E-state index in [0.29, 0.717) is 29.0 Å². The van der Waals surface area contributed by atoms with Gasteiger partial charge in [0.25, 0.3) is 5.91 Å². The molecule has 3 rings (SSSR count). The van der Waals surface area contributed by atoms with Gasteiger partial charge in [0.1, 0.15) is 5.82 Å². The molecule has 2 aromatic rings. The number of benzene rings is 2. The van der Waals surface area contributed by atoms with Crippen LogP contribution in [0.4, 0.5) is 4.39 Å². The molecule has 1 N–H and O–H groups in total. The van der Waals surface area contributed by atoms with Crippen molar-refractivity contribution >= 4 is 17.5 Å². The number of hydrogen-bond acceptors (Lipinski definition) is 1. The van der Waals surface area contributed by atoms with Gasteiger partial charge in [-0.1, -0.05) is 36.7 Å². The fourth-order valence-electron chi connectivity index (χ4n) is 3.08. The molecule has 0 heterocycles. The van der Waals surface area contributed by atoms with Crippen molar-refractivity contribution in [3.63, 3.8) is 0 Å². The van der Waals surface area contributed by atoms with E-state index in [1.807, 2.05) is 31.2 Å². The second kappa shape index (κ2) is 6.09. The van der Waals surface area contributed by atoms with Crippen LogP contribution in [0.5, 0.6) is 0 Å². The maximum absolute atomic E-state index is 13.9. The van der Waals surface area contributed by atoms with Gasteiger partial charge in [0, 0.05) is 10.6 Å². The first-order valence-corrected chi connectivity index (χ1v) is 7.84. The maximum atomic E-state index is 13.9. The highest BCUT2D eigenvalue weighted by Crippen LogP contribution is 2.35. The summed E-state index contributed by atoms with van der Waals surface area (Å²) in [5, 5.41) is 3.38. The van der Waals surface area contributed by atoms with Crippen LogP contribution in [0, 0.1) is 5.82 Å². The third-order valence-corrected chi connectivity index (χ3v) is 4.42. The van der Waals surface area contributed by atoms with Crippen molar-refractivity contribution in [3.05, 3.63) is 69.5 Å². The van der Waals surface area contributed by atoms with Gasteiger partial charge in [-0.05, 0) is 54.2 Å². The molecule has 22 heavy (non-hydrogen) atoms. The lowest BCUT2D eigenvalue weighted by atomic mass is 10.0. The van der Waals surface area contributed by atoms with Crippen molar-refractivity contribution in [2.75, 3.05) is 0 Å². The molecule has 1 aliphatic rings. The summed E-state index contributed by atoms with van der Waals surface area (Å²) in [5.41, 5.74) is 3.15. The van der Waals surface area contributed by atoms with E-state index in [4.69, 9.17) is 11.6 Å². The van der Waals surface area contributed by atoms with Gasteiger partial charge in [-0.25, -0.2) is 4.39 Å². The van der Waals surface area contributed by atoms with Crippen LogP contribution in [0.3, 0.4) is 0 Å². The number of hydrogen-bond donors (Lipinski definition) is 1. The first kappa shape index (κ1) is 15.0. The first-order valence-electron chi connectivity index (χ1n) is 7.46. The predicted octanol–water partition coefficient (Wildman–Crippen LogP) is 4.46. The van der Waals surface area contributed by atoms with Gasteiger partial charge in [-0.3, -0.25) is 4.79 Å². The first-order chi connectivity index (χ1) is 10.6. The smallest absolute Gasteiger partial charge is 0.252 e. The molecule has 0 fully saturated rings. The van der Waals surface area contributed by atoms with Crippen molar-refractivity contribution < 1.29 is 9.18 Å². The molecular weight excluding hydrogens is 301 g/mol. The molecule has 0 aliphatic heterocycles. The molecule has 1 amide bonds. The summed E-state index contributed by atoms with van der Waals surface area (Å²) >= 11 is 5.94. The summed E-state index contributed by atoms with van der Waals surface area (Å²) in [6, 6.07) is 10.5. The number of amides is 1. The van der Waals surface area contributed by atoms with E-state index in [0.717, 1.165) is 17.5 Å². The van der Waals surface area contributed by atoms with Crippen LogP contribution in [0.25, 0.3) is 0 Å². The van der Waals surface area contributed by atoms with Crippen molar-refractivity contribution in [2.45, 2.75) is 32.2 Å². The molecule has 0 radical (unpaired) electrons. The zero-order chi connectivity index (χ0) is 15.7. The summed E-state index contributed by atoms with van der Waals surface area (Å²) in [5.74, 6) is -0.399. The Balaban J connectivity index is 1.86. The topological polar surface area (TPSA) is 29.1 Å². The van der Waals surface area contributed by atoms with Gasteiger partial charge >= 0.3 is 0 Å². The molecule has 4 heteroatoms. The molecule has 0 bridgehead atoms. The summed E-state index contributed by atoms with van der Waals surface area (Å²) in [7, 11) is 0. The minimum atomic E-state index is -0.284. The summed E-state index contributed by atoms with van der Waals surface area (Å²) in [4.78, 5) is 12.5. The second-order valence-corrected chi connectivity index (χ2v) is 5.97. The lowest BCUT2D eigenvalue weighted by Crippen LogP contribution is -2.28. The van der Waals surface area contributed by atoms with Crippen LogP contribution in [0.15, 0.2) is 36.4 Å². The lowest BCUT2D eigenvalue weighted by molar-refractivity contribution is 0.0936. The third kappa shape index (κ3) is 2.73. The number of aryl methyl sites for hydroxylation is 1. The van der Waals surface area contributed by atoms with E-state index >= 15 is 0 Å². The third-order valence-electron chi connectivity index (χ3n) is 4.20. The maximum Gasteiger partial charge on any atom is 0.252 e. The van der Waals surface area contributed by atoms with E-state index in [9.17, 15) is 9.18 Å². The second-order valence-electron chi connectivity index (χ2n) is 5.53. The lowest BCUT2D eigenvalue weighted by Gasteiger charge is -2.16. The van der Waals surface area contributed by atoms with E-state index in [1.54, 1.807) is 6.07 Å². The van der Waals surface area contributed by atoms with Gasteiger partial charge in [0.2, 0.25) is 0 Å². The van der Waals surface area contributed by atoms with E-state index in [2.05, 4.69) is 5.32 Å². The molecule has 2 nitrogen and oxygen atoms in total. The van der Waals surface area contributed by atoms with Crippen LogP contribution in [0.2, 0.25) is 5.02 Å². The molecule has 0 unspecified atom stereocenters. The highest BCUT2D eigenvalue weighted by molar-refractivity contribution is 6.30. The molecule has 0 spiro atoms. The highest BCUT2D eigenvalue weighted by Gasteiger charge is 2.27. The molecule has 1 atom stereocenters. The number of carbonyl (C=O) groups is 1. The van der Waals surface area contributed by atoms with E-state index in [1.165, 1.54) is 6.07 Å². The normalized spacial score (nSPS) is 16.4. The van der Waals surface area contributed by atoms with Crippen molar-refractivity contribution in [2.24, 2.45) is 0 Å². The standard InChI is InChI=1S/C18H17ClFNO/c1-2-11-5-3-4-6-13(11)18(22)21-17-8-7-14-15(17)9-12(19)10-16(14)20/h3-6,9-10,17H,2,7-8H2,1H3,(H,21,22)/t17-/m1/s1. The molecule has 0 saturated carbocycles. The number of halogens is 2. The fraction of sp³-hybridized carbons (Fsp3) is 0.278. The number of fused-ring (bicyclic) bond motifs is 1. The van der Waals surface area contributed by atoms with Crippen molar-refractivity contribution in [3.8, 4) is 0 Å². The predicted molar refractivity (Wildman–Crippen MR) is 85.8 cm³/mol. The van der Waals surface area contributed by atoms with E-state index < -0.39 is 0 Å². The summed E-state index contributed by atoms with van der Waals surface area (Å²) in [6.07, 6.45) is 2.12. The van der Waals surface area contributed by atoms with Crippen LogP contribution in [-0.4, -0.2) is 5.91 Å². The SMILES string of the molecule is CCc1ccccc1C(=O)N[C@@H]1CCc2c(F)cc(Cl)cc21. The van der Waals surface area contributed by atoms with Crippen LogP contribution >= 0.6 is 11.6 Å². The Kier molecular flexibility index (Phi) is 4.16. The Bertz CT molecular complexity index is 729. The highest BCUT2D eigenvalue weighted by atomic mass is 35.5. The average Bonchev–Trinajstić information content (AvgIpc) is 2.90. The Morgan fingerprint density at radius 2 is 2.14 bits per heavy atom. The monoisotopic (exact) mass is 317 g/mol. The van der Waals surface area contributed by atoms with Gasteiger partial charge in [-0.2, -0.15) is 0 Å². The molecule has 0 aromatic heterocycles. The van der Waals surface area contributed by atoms with Crippen molar-refractivity contribution in [1.29, 1.82) is 0 Å². The zero-order valence-corrected chi connectivity index (χ0v) is 13.1. The minimum absolute atomic E-state index is 0.115. The van der Waals surface area contributed by atoms with Crippen LogP contribution in [-0.2, 0) is 12.8 Å². The Morgan fingerprint density at radius 1 is 1.36 bits per heavy atom. The minimum Gasteiger partial charge on any atom is -0.345 e. The molecule has 114 valence electrons. The molecular formula is C18H17ClFNO.